The molecule has 2 rings (SSSR count). The second-order valence-electron chi connectivity index (χ2n) is 7.37. The molecule has 0 aromatic heterocycles. The lowest BCUT2D eigenvalue weighted by molar-refractivity contribution is -0.271. The van der Waals surface area contributed by atoms with Crippen molar-refractivity contribution in [3.63, 3.8) is 0 Å². The summed E-state index contributed by atoms with van der Waals surface area (Å²) in [5.74, 6) is -3.32. The summed E-state index contributed by atoms with van der Waals surface area (Å²) in [6, 6.07) is 7.57. The summed E-state index contributed by atoms with van der Waals surface area (Å²) in [5.41, 5.74) is 0.681. The zero-order valence-electron chi connectivity index (χ0n) is 18.8. The van der Waals surface area contributed by atoms with Gasteiger partial charge in [0, 0.05) is 27.7 Å². The van der Waals surface area contributed by atoms with Crippen molar-refractivity contribution < 1.29 is 47.7 Å². The van der Waals surface area contributed by atoms with Gasteiger partial charge in [-0.25, -0.2) is 0 Å². The molecular weight excluding hydrogens is 438 g/mol. The summed E-state index contributed by atoms with van der Waals surface area (Å²) in [5, 5.41) is 2.53. The van der Waals surface area contributed by atoms with Crippen molar-refractivity contribution in [2.24, 2.45) is 0 Å². The molecule has 1 saturated heterocycles. The number of hydrogen-bond donors (Lipinski definition) is 1. The van der Waals surface area contributed by atoms with E-state index in [1.807, 2.05) is 0 Å². The van der Waals surface area contributed by atoms with E-state index in [4.69, 9.17) is 23.7 Å². The lowest BCUT2D eigenvalue weighted by Gasteiger charge is -2.44. The van der Waals surface area contributed by atoms with Gasteiger partial charge in [-0.15, -0.1) is 0 Å². The van der Waals surface area contributed by atoms with Crippen molar-refractivity contribution in [1.82, 2.24) is 5.32 Å². The minimum Gasteiger partial charge on any atom is -0.463 e. The molecule has 0 saturated carbocycles. The van der Waals surface area contributed by atoms with E-state index < -0.39 is 60.4 Å². The van der Waals surface area contributed by atoms with Gasteiger partial charge in [-0.1, -0.05) is 30.3 Å². The number of carbonyl (C=O) groups is 5. The Hall–Kier alpha value is -3.47. The van der Waals surface area contributed by atoms with Gasteiger partial charge in [-0.2, -0.15) is 0 Å². The van der Waals surface area contributed by atoms with E-state index >= 15 is 0 Å². The minimum atomic E-state index is -1.43. The van der Waals surface area contributed by atoms with Crippen LogP contribution in [0.1, 0.15) is 33.3 Å². The fraction of sp³-hybridized carbons (Fsp3) is 0.500. The van der Waals surface area contributed by atoms with Crippen LogP contribution in [0.3, 0.4) is 0 Å². The Balaban J connectivity index is 2.35. The first-order valence-electron chi connectivity index (χ1n) is 10.2. The summed E-state index contributed by atoms with van der Waals surface area (Å²) < 4.78 is 26.9. The van der Waals surface area contributed by atoms with E-state index in [1.54, 1.807) is 30.3 Å². The third kappa shape index (κ3) is 8.19. The standard InChI is InChI=1S/C22H27NO10/c1-12(24)23-19-21(31-15(4)27)20(30-14(3)26)17(11-29-13(2)25)32-22(19)33-18(28)10-16-8-6-5-7-9-16/h5-9,17,19-22H,10-11H2,1-4H3,(H,23,24)/t17-,19+,20+,21-,22+/m1/s1. The van der Waals surface area contributed by atoms with Crippen molar-refractivity contribution in [1.29, 1.82) is 0 Å². The maximum atomic E-state index is 12.6. The summed E-state index contributed by atoms with van der Waals surface area (Å²) >= 11 is 0. The molecule has 1 N–H and O–H groups in total. The van der Waals surface area contributed by atoms with Gasteiger partial charge in [0.2, 0.25) is 12.2 Å². The molecule has 11 heteroatoms. The van der Waals surface area contributed by atoms with E-state index in [0.29, 0.717) is 5.56 Å². The Morgan fingerprint density at radius 1 is 0.848 bits per heavy atom. The van der Waals surface area contributed by atoms with Crippen LogP contribution in [-0.4, -0.2) is 67.0 Å². The van der Waals surface area contributed by atoms with Gasteiger partial charge in [0.05, 0.1) is 6.42 Å². The quantitative estimate of drug-likeness (QED) is 0.424. The summed E-state index contributed by atoms with van der Waals surface area (Å²) in [6.07, 6.45) is -5.22. The second kappa shape index (κ2) is 12.0. The van der Waals surface area contributed by atoms with Gasteiger partial charge in [-0.3, -0.25) is 24.0 Å². The Kier molecular flexibility index (Phi) is 9.34. The number of amides is 1. The predicted octanol–water partition coefficient (Wildman–Crippen LogP) is 0.428. The van der Waals surface area contributed by atoms with Crippen LogP contribution < -0.4 is 5.32 Å². The van der Waals surface area contributed by atoms with Gasteiger partial charge in [0.15, 0.2) is 12.2 Å². The Morgan fingerprint density at radius 3 is 2.00 bits per heavy atom. The smallest absolute Gasteiger partial charge is 0.312 e. The number of benzene rings is 1. The van der Waals surface area contributed by atoms with E-state index in [-0.39, 0.29) is 13.0 Å². The zero-order valence-corrected chi connectivity index (χ0v) is 18.8. The van der Waals surface area contributed by atoms with Crippen LogP contribution in [0.25, 0.3) is 0 Å². The molecular formula is C22H27NO10. The van der Waals surface area contributed by atoms with Gasteiger partial charge in [0.25, 0.3) is 0 Å². The highest BCUT2D eigenvalue weighted by molar-refractivity contribution is 5.75. The summed E-state index contributed by atoms with van der Waals surface area (Å²) in [4.78, 5) is 59.3. The van der Waals surface area contributed by atoms with Crippen molar-refractivity contribution in [3.8, 4) is 0 Å². The van der Waals surface area contributed by atoms with Crippen LogP contribution >= 0.6 is 0 Å². The first kappa shape index (κ1) is 25.8. The van der Waals surface area contributed by atoms with Crippen LogP contribution in [-0.2, 0) is 54.1 Å². The van der Waals surface area contributed by atoms with Gasteiger partial charge < -0.3 is 29.0 Å². The number of carbonyl (C=O) groups excluding carboxylic acids is 5. The molecule has 0 spiro atoms. The number of hydrogen-bond acceptors (Lipinski definition) is 10. The molecule has 33 heavy (non-hydrogen) atoms. The maximum absolute atomic E-state index is 12.6. The fourth-order valence-electron chi connectivity index (χ4n) is 3.33. The number of nitrogens with one attached hydrogen (secondary N) is 1. The van der Waals surface area contributed by atoms with Crippen LogP contribution in [0.4, 0.5) is 0 Å². The highest BCUT2D eigenvalue weighted by Gasteiger charge is 2.52. The van der Waals surface area contributed by atoms with Crippen LogP contribution in [0.2, 0.25) is 0 Å². The molecule has 5 atom stereocenters. The maximum Gasteiger partial charge on any atom is 0.312 e. The molecule has 1 amide bonds. The molecule has 1 aromatic carbocycles. The molecule has 0 aliphatic carbocycles. The Bertz CT molecular complexity index is 871. The fourth-order valence-corrected chi connectivity index (χ4v) is 3.33. The van der Waals surface area contributed by atoms with Crippen LogP contribution in [0.5, 0.6) is 0 Å². The van der Waals surface area contributed by atoms with Crippen molar-refractivity contribution >= 4 is 29.8 Å². The molecule has 11 nitrogen and oxygen atoms in total. The molecule has 1 heterocycles. The lowest BCUT2D eigenvalue weighted by Crippen LogP contribution is -2.66. The highest BCUT2D eigenvalue weighted by Crippen LogP contribution is 2.28. The first-order chi connectivity index (χ1) is 15.6. The lowest BCUT2D eigenvalue weighted by atomic mass is 9.96. The molecule has 0 unspecified atom stereocenters. The number of ether oxygens (including phenoxy) is 5. The molecule has 1 aromatic rings. The van der Waals surface area contributed by atoms with E-state index in [1.165, 1.54) is 13.8 Å². The van der Waals surface area contributed by atoms with Crippen LogP contribution in [0.15, 0.2) is 30.3 Å². The molecule has 0 bridgehead atoms. The monoisotopic (exact) mass is 465 g/mol. The van der Waals surface area contributed by atoms with E-state index in [2.05, 4.69) is 5.32 Å². The highest BCUT2D eigenvalue weighted by atomic mass is 16.7. The second-order valence-corrected chi connectivity index (χ2v) is 7.37. The largest absolute Gasteiger partial charge is 0.463 e. The molecule has 180 valence electrons. The van der Waals surface area contributed by atoms with Crippen molar-refractivity contribution in [3.05, 3.63) is 35.9 Å². The SMILES string of the molecule is CC(=O)N[C@@H]1[C@H](OC(=O)Cc2ccccc2)O[C@H](COC(C)=O)[C@H](OC(C)=O)[C@@H]1OC(C)=O. The molecule has 1 aliphatic heterocycles. The average Bonchev–Trinajstić information content (AvgIpc) is 2.70. The third-order valence-electron chi connectivity index (χ3n) is 4.51. The molecule has 0 radical (unpaired) electrons. The number of rotatable bonds is 8. The molecule has 1 fully saturated rings. The van der Waals surface area contributed by atoms with Gasteiger partial charge in [0.1, 0.15) is 18.8 Å². The normalized spacial score (nSPS) is 24.2. The van der Waals surface area contributed by atoms with Crippen molar-refractivity contribution in [2.45, 2.75) is 64.8 Å². The Morgan fingerprint density at radius 2 is 1.45 bits per heavy atom. The van der Waals surface area contributed by atoms with Crippen molar-refractivity contribution in [2.75, 3.05) is 6.61 Å². The summed E-state index contributed by atoms with van der Waals surface area (Å²) in [7, 11) is 0. The molecule has 1 aliphatic rings. The van der Waals surface area contributed by atoms with E-state index in [9.17, 15) is 24.0 Å². The Labute approximate surface area is 190 Å². The van der Waals surface area contributed by atoms with Crippen LogP contribution in [0, 0.1) is 0 Å². The third-order valence-corrected chi connectivity index (χ3v) is 4.51. The number of esters is 4. The predicted molar refractivity (Wildman–Crippen MR) is 110 cm³/mol. The minimum absolute atomic E-state index is 0.0896. The average molecular weight is 465 g/mol. The van der Waals surface area contributed by atoms with Gasteiger partial charge >= 0.3 is 23.9 Å². The first-order valence-corrected chi connectivity index (χ1v) is 10.2. The zero-order chi connectivity index (χ0) is 24.5. The summed E-state index contributed by atoms with van der Waals surface area (Å²) in [6.45, 7) is 4.25. The van der Waals surface area contributed by atoms with E-state index in [0.717, 1.165) is 13.8 Å². The topological polar surface area (TPSA) is 144 Å². The van der Waals surface area contributed by atoms with Gasteiger partial charge in [-0.05, 0) is 5.56 Å².